The van der Waals surface area contributed by atoms with Gasteiger partial charge in [-0.1, -0.05) is 0 Å². The maximum atomic E-state index is 13.5. The number of nitrogens with zero attached hydrogens (tertiary/aromatic N) is 2. The van der Waals surface area contributed by atoms with E-state index in [0.29, 0.717) is 17.9 Å². The van der Waals surface area contributed by atoms with Crippen LogP contribution in [0.15, 0.2) is 24.3 Å². The number of β-lactam (4-membered cyclic amide) rings is 1. The molecule has 7 nitrogen and oxygen atoms in total. The molecule has 2 heterocycles. The Balaban J connectivity index is 1.43. The van der Waals surface area contributed by atoms with Gasteiger partial charge in [0.25, 0.3) is 0 Å². The summed E-state index contributed by atoms with van der Waals surface area (Å²) in [7, 11) is 0. The number of non-ortho nitro benzene ring substituents is 1. The number of carbonyl (C=O) groups is 2. The van der Waals surface area contributed by atoms with Crippen molar-refractivity contribution in [2.45, 2.75) is 68.4 Å². The Kier molecular flexibility index (Phi) is 4.20. The summed E-state index contributed by atoms with van der Waals surface area (Å²) in [5, 5.41) is 10.8. The van der Waals surface area contributed by atoms with Gasteiger partial charge in [-0.2, -0.15) is 0 Å². The van der Waals surface area contributed by atoms with E-state index in [1.165, 1.54) is 18.6 Å². The first-order valence-corrected chi connectivity index (χ1v) is 12.3. The van der Waals surface area contributed by atoms with Gasteiger partial charge in [-0.25, -0.2) is 0 Å². The average Bonchev–Trinajstić information content (AvgIpc) is 3.28. The van der Waals surface area contributed by atoms with Gasteiger partial charge in [-0.3, -0.25) is 0 Å². The predicted molar refractivity (Wildman–Crippen MR) is 110 cm³/mol. The summed E-state index contributed by atoms with van der Waals surface area (Å²) in [6.07, 6.45) is 4.00. The van der Waals surface area contributed by atoms with Crippen molar-refractivity contribution in [1.29, 1.82) is 0 Å². The Morgan fingerprint density at radius 2 is 2.00 bits per heavy atom. The molecule has 2 saturated carbocycles. The first-order chi connectivity index (χ1) is 14.1. The topological polar surface area (TPSA) is 89.8 Å². The molecular formula is C22H26N2O5Se. The number of ether oxygens (including phenoxy) is 1. The van der Waals surface area contributed by atoms with E-state index in [0.717, 1.165) is 12.8 Å². The molecule has 5 rings (SSSR count). The van der Waals surface area contributed by atoms with Gasteiger partial charge in [0.1, 0.15) is 0 Å². The number of amides is 1. The fourth-order valence-electron chi connectivity index (χ4n) is 6.76. The molecule has 1 amide bonds. The van der Waals surface area contributed by atoms with Crippen LogP contribution < -0.4 is 0 Å². The number of fused-ring (bicyclic) bond motifs is 4. The molecule has 1 unspecified atom stereocenters. The van der Waals surface area contributed by atoms with Crippen LogP contribution >= 0.6 is 0 Å². The fourth-order valence-corrected chi connectivity index (χ4v) is 11.6. The van der Waals surface area contributed by atoms with E-state index in [2.05, 4.69) is 20.8 Å². The molecule has 4 aliphatic rings. The average molecular weight is 477 g/mol. The number of carbonyl (C=O) groups excluding carboxylic acids is 2. The van der Waals surface area contributed by atoms with Crippen molar-refractivity contribution >= 4 is 32.5 Å². The molecule has 8 heteroatoms. The second kappa shape index (κ2) is 6.30. The van der Waals surface area contributed by atoms with Crippen molar-refractivity contribution in [3.8, 4) is 0 Å². The number of hydrogen-bond donors (Lipinski definition) is 0. The molecule has 1 aromatic rings. The van der Waals surface area contributed by atoms with Gasteiger partial charge in [0.15, 0.2) is 0 Å². The van der Waals surface area contributed by atoms with Crippen LogP contribution in [0, 0.1) is 26.9 Å². The quantitative estimate of drug-likeness (QED) is 0.218. The second-order valence-corrected chi connectivity index (χ2v) is 13.0. The van der Waals surface area contributed by atoms with Gasteiger partial charge in [-0.15, -0.1) is 0 Å². The molecule has 2 aliphatic carbocycles. The Labute approximate surface area is 181 Å². The van der Waals surface area contributed by atoms with Crippen LogP contribution in [0.3, 0.4) is 0 Å². The Hall–Kier alpha value is -1.92. The van der Waals surface area contributed by atoms with Crippen LogP contribution in [-0.2, 0) is 20.9 Å². The van der Waals surface area contributed by atoms with E-state index in [4.69, 9.17) is 4.74 Å². The van der Waals surface area contributed by atoms with Crippen LogP contribution in [-0.4, -0.2) is 47.6 Å². The fraction of sp³-hybridized carbons (Fsp3) is 0.636. The molecule has 2 aliphatic heterocycles. The second-order valence-electron chi connectivity index (χ2n) is 9.97. The van der Waals surface area contributed by atoms with Crippen LogP contribution in [0.25, 0.3) is 0 Å². The van der Waals surface area contributed by atoms with Gasteiger partial charge in [-0.05, 0) is 0 Å². The van der Waals surface area contributed by atoms with Gasteiger partial charge < -0.3 is 0 Å². The zero-order valence-corrected chi connectivity index (χ0v) is 19.1. The molecule has 0 radical (unpaired) electrons. The number of nitro benzene ring substituents is 1. The molecule has 0 aromatic heterocycles. The molecular weight excluding hydrogens is 451 g/mol. The Morgan fingerprint density at radius 3 is 2.57 bits per heavy atom. The standard InChI is InChI=1S/C22H26N2O5Se/c1-20(2)14-8-9-21(3,11-14)22(20)18(23-16(25)10-17(23)30-22)19(26)29-12-13-4-6-15(7-5-13)24(27)28/h4-7,14,17-18H,8-12H2,1-3H3/t14-,17+,18-,21+,22?/m0/s1. The van der Waals surface area contributed by atoms with Crippen molar-refractivity contribution in [3.63, 3.8) is 0 Å². The Bertz CT molecular complexity index is 941. The van der Waals surface area contributed by atoms with Crippen LogP contribution in [0.1, 0.15) is 52.0 Å². The normalized spacial score (nSPS) is 37.9. The monoisotopic (exact) mass is 478 g/mol. The summed E-state index contributed by atoms with van der Waals surface area (Å²) in [5.74, 6) is 0.342. The van der Waals surface area contributed by atoms with E-state index in [1.807, 2.05) is 4.90 Å². The molecule has 4 fully saturated rings. The van der Waals surface area contributed by atoms with Gasteiger partial charge >= 0.3 is 182 Å². The molecule has 1 spiro atoms. The first kappa shape index (κ1) is 20.0. The van der Waals surface area contributed by atoms with Gasteiger partial charge in [0.05, 0.1) is 0 Å². The summed E-state index contributed by atoms with van der Waals surface area (Å²) in [6, 6.07) is 5.55. The van der Waals surface area contributed by atoms with E-state index in [-0.39, 0.29) is 59.2 Å². The van der Waals surface area contributed by atoms with Gasteiger partial charge in [0, 0.05) is 0 Å². The number of rotatable bonds is 4. The molecule has 5 atom stereocenters. The molecule has 160 valence electrons. The van der Waals surface area contributed by atoms with Crippen LogP contribution in [0.5, 0.6) is 0 Å². The third-order valence-electron chi connectivity index (χ3n) is 8.30. The molecule has 1 aromatic carbocycles. The predicted octanol–water partition coefficient (Wildman–Crippen LogP) is 3.29. The zero-order chi connectivity index (χ0) is 21.5. The Morgan fingerprint density at radius 1 is 1.30 bits per heavy atom. The molecule has 30 heavy (non-hydrogen) atoms. The summed E-state index contributed by atoms with van der Waals surface area (Å²) in [6.45, 7) is 6.99. The SMILES string of the molecule is CC1(C)[C@H]2CC[C@](C)(C2)C12[Se][C@@H]1CC(=O)N1[C@H]2C(=O)OCc1ccc([N+](=O)[O-])cc1. The summed E-state index contributed by atoms with van der Waals surface area (Å²) in [5.41, 5.74) is 0.773. The van der Waals surface area contributed by atoms with E-state index >= 15 is 0 Å². The van der Waals surface area contributed by atoms with Gasteiger partial charge in [0.2, 0.25) is 0 Å². The maximum absolute atomic E-state index is 13.5. The van der Waals surface area contributed by atoms with Crippen molar-refractivity contribution in [2.24, 2.45) is 16.7 Å². The summed E-state index contributed by atoms with van der Waals surface area (Å²) >= 11 is 0.172. The number of benzene rings is 1. The van der Waals surface area contributed by atoms with Crippen molar-refractivity contribution in [1.82, 2.24) is 4.90 Å². The number of hydrogen-bond acceptors (Lipinski definition) is 5. The van der Waals surface area contributed by atoms with Crippen molar-refractivity contribution < 1.29 is 19.2 Å². The zero-order valence-electron chi connectivity index (χ0n) is 17.4. The van der Waals surface area contributed by atoms with E-state index in [9.17, 15) is 19.7 Å². The number of nitro groups is 1. The third-order valence-corrected chi connectivity index (χ3v) is 13.1. The molecule has 0 N–H and O–H groups in total. The van der Waals surface area contributed by atoms with E-state index in [1.54, 1.807) is 12.1 Å². The van der Waals surface area contributed by atoms with Crippen molar-refractivity contribution in [3.05, 3.63) is 39.9 Å². The minimum absolute atomic E-state index is 0.00529. The van der Waals surface area contributed by atoms with Crippen LogP contribution in [0.4, 0.5) is 5.69 Å². The summed E-state index contributed by atoms with van der Waals surface area (Å²) in [4.78, 5) is 38.4. The van der Waals surface area contributed by atoms with E-state index < -0.39 is 11.0 Å². The molecule has 2 bridgehead atoms. The third kappa shape index (κ3) is 2.38. The van der Waals surface area contributed by atoms with Crippen LogP contribution in [0.2, 0.25) is 4.31 Å². The van der Waals surface area contributed by atoms with Crippen molar-refractivity contribution in [2.75, 3.05) is 0 Å². The summed E-state index contributed by atoms with van der Waals surface area (Å²) < 4.78 is 5.56. The molecule has 2 saturated heterocycles. The minimum atomic E-state index is -0.507. The number of esters is 1. The first-order valence-electron chi connectivity index (χ1n) is 10.5.